The van der Waals surface area contributed by atoms with Gasteiger partial charge in [0, 0.05) is 19.2 Å². The molecule has 1 aromatic carbocycles. The molecule has 0 bridgehead atoms. The zero-order valence-electron chi connectivity index (χ0n) is 11.6. The molecular formula is C16H23NO2. The van der Waals surface area contributed by atoms with Crippen LogP contribution in [0.3, 0.4) is 0 Å². The van der Waals surface area contributed by atoms with Crippen LogP contribution in [0.15, 0.2) is 36.9 Å². The van der Waals surface area contributed by atoms with Gasteiger partial charge in [-0.25, -0.2) is 0 Å². The lowest BCUT2D eigenvalue weighted by Crippen LogP contribution is -2.37. The smallest absolute Gasteiger partial charge is 0.119 e. The van der Waals surface area contributed by atoms with Gasteiger partial charge in [0.25, 0.3) is 0 Å². The second-order valence-electron chi connectivity index (χ2n) is 5.03. The van der Waals surface area contributed by atoms with Crippen LogP contribution in [0.25, 0.3) is 0 Å². The summed E-state index contributed by atoms with van der Waals surface area (Å²) in [7, 11) is 0. The molecule has 19 heavy (non-hydrogen) atoms. The normalized spacial score (nSPS) is 23.0. The van der Waals surface area contributed by atoms with Crippen molar-refractivity contribution >= 4 is 0 Å². The maximum Gasteiger partial charge on any atom is 0.119 e. The van der Waals surface area contributed by atoms with Crippen LogP contribution in [-0.2, 0) is 11.3 Å². The molecule has 2 rings (SSSR count). The van der Waals surface area contributed by atoms with E-state index in [0.717, 1.165) is 31.7 Å². The van der Waals surface area contributed by atoms with Crippen LogP contribution in [0.4, 0.5) is 0 Å². The van der Waals surface area contributed by atoms with E-state index in [1.54, 1.807) is 6.08 Å². The predicted octanol–water partition coefficient (Wildman–Crippen LogP) is 2.91. The van der Waals surface area contributed by atoms with E-state index in [2.05, 4.69) is 31.0 Å². The molecule has 0 saturated carbocycles. The molecule has 1 saturated heterocycles. The highest BCUT2D eigenvalue weighted by molar-refractivity contribution is 5.27. The molecule has 0 radical (unpaired) electrons. The number of hydrogen-bond donors (Lipinski definition) is 1. The van der Waals surface area contributed by atoms with Crippen molar-refractivity contribution in [2.45, 2.75) is 38.5 Å². The van der Waals surface area contributed by atoms with E-state index in [0.29, 0.717) is 18.8 Å². The van der Waals surface area contributed by atoms with Gasteiger partial charge in [-0.1, -0.05) is 24.8 Å². The Hall–Kier alpha value is -1.32. The molecule has 0 aliphatic carbocycles. The molecule has 104 valence electrons. The molecular weight excluding hydrogens is 238 g/mol. The van der Waals surface area contributed by atoms with Crippen molar-refractivity contribution in [3.05, 3.63) is 42.5 Å². The molecule has 3 heteroatoms. The molecule has 2 unspecified atom stereocenters. The standard InChI is InChI=1S/C16H23NO2/c1-3-9-19-16-6-4-14(5-7-16)12-17-15-8-10-18-13(2)11-15/h3-7,13,15,17H,1,8-12H2,2H3. The Labute approximate surface area is 115 Å². The Morgan fingerprint density at radius 3 is 2.89 bits per heavy atom. The lowest BCUT2D eigenvalue weighted by atomic mass is 10.0. The Balaban J connectivity index is 1.77. The summed E-state index contributed by atoms with van der Waals surface area (Å²) in [6.45, 7) is 8.10. The average molecular weight is 261 g/mol. The van der Waals surface area contributed by atoms with Gasteiger partial charge in [-0.05, 0) is 37.5 Å². The topological polar surface area (TPSA) is 30.5 Å². The molecule has 2 atom stereocenters. The molecule has 1 N–H and O–H groups in total. The molecule has 1 aromatic rings. The van der Waals surface area contributed by atoms with Gasteiger partial charge in [0.1, 0.15) is 12.4 Å². The third kappa shape index (κ3) is 4.69. The van der Waals surface area contributed by atoms with Crippen molar-refractivity contribution in [1.82, 2.24) is 5.32 Å². The predicted molar refractivity (Wildman–Crippen MR) is 77.4 cm³/mol. The minimum atomic E-state index is 0.376. The van der Waals surface area contributed by atoms with Crippen molar-refractivity contribution < 1.29 is 9.47 Å². The van der Waals surface area contributed by atoms with Crippen LogP contribution < -0.4 is 10.1 Å². The van der Waals surface area contributed by atoms with E-state index in [9.17, 15) is 0 Å². The van der Waals surface area contributed by atoms with Gasteiger partial charge >= 0.3 is 0 Å². The second kappa shape index (κ2) is 7.31. The maximum atomic E-state index is 5.55. The first-order chi connectivity index (χ1) is 9.28. The van der Waals surface area contributed by atoms with E-state index < -0.39 is 0 Å². The summed E-state index contributed by atoms with van der Waals surface area (Å²) >= 11 is 0. The number of benzene rings is 1. The molecule has 0 aromatic heterocycles. The van der Waals surface area contributed by atoms with Gasteiger partial charge in [-0.2, -0.15) is 0 Å². The first-order valence-corrected chi connectivity index (χ1v) is 6.95. The van der Waals surface area contributed by atoms with Crippen molar-refractivity contribution in [3.63, 3.8) is 0 Å². The molecule has 0 spiro atoms. The highest BCUT2D eigenvalue weighted by Gasteiger charge is 2.18. The van der Waals surface area contributed by atoms with Crippen LogP contribution in [0, 0.1) is 0 Å². The van der Waals surface area contributed by atoms with Crippen LogP contribution in [-0.4, -0.2) is 25.4 Å². The fraction of sp³-hybridized carbons (Fsp3) is 0.500. The number of ether oxygens (including phenoxy) is 2. The summed E-state index contributed by atoms with van der Waals surface area (Å²) in [6.07, 6.45) is 4.33. The van der Waals surface area contributed by atoms with Gasteiger partial charge < -0.3 is 14.8 Å². The monoisotopic (exact) mass is 261 g/mol. The van der Waals surface area contributed by atoms with Crippen LogP contribution >= 0.6 is 0 Å². The Bertz CT molecular complexity index is 388. The third-order valence-corrected chi connectivity index (χ3v) is 3.37. The SMILES string of the molecule is C=CCOc1ccc(CNC2CCOC(C)C2)cc1. The van der Waals surface area contributed by atoms with Gasteiger partial charge in [0.2, 0.25) is 0 Å². The van der Waals surface area contributed by atoms with E-state index in [-0.39, 0.29) is 0 Å². The quantitative estimate of drug-likeness (QED) is 0.799. The third-order valence-electron chi connectivity index (χ3n) is 3.37. The van der Waals surface area contributed by atoms with Crippen LogP contribution in [0.2, 0.25) is 0 Å². The first-order valence-electron chi connectivity index (χ1n) is 6.95. The maximum absolute atomic E-state index is 5.55. The van der Waals surface area contributed by atoms with E-state index in [4.69, 9.17) is 9.47 Å². The molecule has 0 amide bonds. The zero-order chi connectivity index (χ0) is 13.5. The molecule has 1 aliphatic heterocycles. The summed E-state index contributed by atoms with van der Waals surface area (Å²) in [4.78, 5) is 0. The van der Waals surface area contributed by atoms with Crippen LogP contribution in [0.1, 0.15) is 25.3 Å². The van der Waals surface area contributed by atoms with E-state index >= 15 is 0 Å². The minimum absolute atomic E-state index is 0.376. The number of nitrogens with one attached hydrogen (secondary N) is 1. The first kappa shape index (κ1) is 14.1. The largest absolute Gasteiger partial charge is 0.490 e. The highest BCUT2D eigenvalue weighted by Crippen LogP contribution is 2.15. The second-order valence-corrected chi connectivity index (χ2v) is 5.03. The molecule has 3 nitrogen and oxygen atoms in total. The Kier molecular flexibility index (Phi) is 5.43. The Morgan fingerprint density at radius 1 is 1.42 bits per heavy atom. The van der Waals surface area contributed by atoms with Crippen molar-refractivity contribution in [3.8, 4) is 5.75 Å². The average Bonchev–Trinajstić information content (AvgIpc) is 2.44. The zero-order valence-corrected chi connectivity index (χ0v) is 11.6. The summed E-state index contributed by atoms with van der Waals surface area (Å²) in [6, 6.07) is 8.79. The van der Waals surface area contributed by atoms with Crippen molar-refractivity contribution in [1.29, 1.82) is 0 Å². The Morgan fingerprint density at radius 2 is 2.21 bits per heavy atom. The van der Waals surface area contributed by atoms with Crippen molar-refractivity contribution in [2.75, 3.05) is 13.2 Å². The summed E-state index contributed by atoms with van der Waals surface area (Å²) in [5.74, 6) is 0.892. The van der Waals surface area contributed by atoms with Gasteiger partial charge in [0.05, 0.1) is 6.10 Å². The number of hydrogen-bond acceptors (Lipinski definition) is 3. The fourth-order valence-electron chi connectivity index (χ4n) is 2.30. The van der Waals surface area contributed by atoms with Gasteiger partial charge in [-0.3, -0.25) is 0 Å². The highest BCUT2D eigenvalue weighted by atomic mass is 16.5. The fourth-order valence-corrected chi connectivity index (χ4v) is 2.30. The molecule has 1 aliphatic rings. The summed E-state index contributed by atoms with van der Waals surface area (Å²) in [5, 5.41) is 3.59. The lowest BCUT2D eigenvalue weighted by Gasteiger charge is -2.28. The van der Waals surface area contributed by atoms with E-state index in [1.165, 1.54) is 5.56 Å². The lowest BCUT2D eigenvalue weighted by molar-refractivity contribution is 0.0130. The summed E-state index contributed by atoms with van der Waals surface area (Å²) < 4.78 is 11.0. The van der Waals surface area contributed by atoms with Gasteiger partial charge in [-0.15, -0.1) is 0 Å². The van der Waals surface area contributed by atoms with Crippen LogP contribution in [0.5, 0.6) is 5.75 Å². The molecule has 1 heterocycles. The minimum Gasteiger partial charge on any atom is -0.490 e. The summed E-state index contributed by atoms with van der Waals surface area (Å²) in [5.41, 5.74) is 1.28. The van der Waals surface area contributed by atoms with E-state index in [1.807, 2.05) is 12.1 Å². The number of rotatable bonds is 6. The van der Waals surface area contributed by atoms with Gasteiger partial charge in [0.15, 0.2) is 0 Å². The van der Waals surface area contributed by atoms with Crippen molar-refractivity contribution in [2.24, 2.45) is 0 Å². The molecule has 1 fully saturated rings.